The van der Waals surface area contributed by atoms with Gasteiger partial charge in [-0.2, -0.15) is 0 Å². The Labute approximate surface area is 179 Å². The molecule has 0 unspecified atom stereocenters. The number of aromatic nitrogens is 1. The fraction of sp³-hybridized carbons (Fsp3) is 0.304. The number of nitro benzene ring substituents is 1. The zero-order chi connectivity index (χ0) is 22.0. The number of halogens is 1. The van der Waals surface area contributed by atoms with Gasteiger partial charge in [-0.05, 0) is 43.5 Å². The molecule has 7 nitrogen and oxygen atoms in total. The van der Waals surface area contributed by atoms with Gasteiger partial charge in [-0.1, -0.05) is 24.3 Å². The fourth-order valence-corrected chi connectivity index (χ4v) is 4.07. The number of fused-ring (bicyclic) bond motifs is 1. The Morgan fingerprint density at radius 3 is 2.61 bits per heavy atom. The molecule has 1 N–H and O–H groups in total. The molecule has 0 atom stereocenters. The predicted molar refractivity (Wildman–Crippen MR) is 116 cm³/mol. The minimum atomic E-state index is -0.407. The first-order valence-electron chi connectivity index (χ1n) is 10.2. The summed E-state index contributed by atoms with van der Waals surface area (Å²) in [5, 5.41) is 15.1. The summed E-state index contributed by atoms with van der Waals surface area (Å²) in [6.45, 7) is 3.55. The van der Waals surface area contributed by atoms with Crippen molar-refractivity contribution in [2.75, 3.05) is 18.0 Å². The van der Waals surface area contributed by atoms with Crippen LogP contribution >= 0.6 is 0 Å². The van der Waals surface area contributed by atoms with Crippen LogP contribution in [0.4, 0.5) is 15.8 Å². The molecule has 3 aromatic rings. The van der Waals surface area contributed by atoms with Crippen molar-refractivity contribution in [2.45, 2.75) is 26.3 Å². The molecule has 160 valence electrons. The summed E-state index contributed by atoms with van der Waals surface area (Å²) in [4.78, 5) is 30.1. The third kappa shape index (κ3) is 4.47. The first-order chi connectivity index (χ1) is 14.9. The maximum atomic E-state index is 13.0. The number of benzene rings is 2. The van der Waals surface area contributed by atoms with Crippen LogP contribution in [0.2, 0.25) is 0 Å². The molecule has 1 aliphatic rings. The molecule has 1 aromatic heterocycles. The number of amides is 1. The number of piperidine rings is 1. The van der Waals surface area contributed by atoms with E-state index in [1.807, 2.05) is 19.1 Å². The van der Waals surface area contributed by atoms with Crippen molar-refractivity contribution in [3.63, 3.8) is 0 Å². The Balaban J connectivity index is 1.44. The van der Waals surface area contributed by atoms with Gasteiger partial charge in [0.15, 0.2) is 5.52 Å². The molecule has 0 bridgehead atoms. The zero-order valence-electron chi connectivity index (χ0n) is 17.2. The second-order valence-corrected chi connectivity index (χ2v) is 7.82. The first kappa shape index (κ1) is 20.7. The topological polar surface area (TPSA) is 88.4 Å². The molecule has 1 saturated heterocycles. The Hall–Kier alpha value is -3.55. The van der Waals surface area contributed by atoms with Gasteiger partial charge >= 0.3 is 0 Å². The Kier molecular flexibility index (Phi) is 5.79. The van der Waals surface area contributed by atoms with E-state index in [9.17, 15) is 19.3 Å². The van der Waals surface area contributed by atoms with Crippen LogP contribution in [0.15, 0.2) is 48.5 Å². The molecular weight excluding hydrogens is 399 g/mol. The fourth-order valence-electron chi connectivity index (χ4n) is 4.07. The van der Waals surface area contributed by atoms with E-state index in [4.69, 9.17) is 0 Å². The number of aryl methyl sites for hydroxylation is 1. The highest BCUT2D eigenvalue weighted by Gasteiger charge is 2.27. The lowest BCUT2D eigenvalue weighted by Gasteiger charge is -2.33. The van der Waals surface area contributed by atoms with Gasteiger partial charge in [0.05, 0.1) is 4.92 Å². The standard InChI is InChI=1S/C23H23FN4O3/c1-15-13-21(19-3-2-4-20(28(30)31)22(19)26-15)27-11-9-17(10-12-27)23(29)25-14-16-5-7-18(24)8-6-16/h2-8,13,17H,9-12,14H2,1H3,(H,25,29). The third-order valence-electron chi connectivity index (χ3n) is 5.71. The summed E-state index contributed by atoms with van der Waals surface area (Å²) in [6.07, 6.45) is 1.38. The molecule has 0 radical (unpaired) electrons. The molecule has 1 amide bonds. The minimum Gasteiger partial charge on any atom is -0.371 e. The summed E-state index contributed by atoms with van der Waals surface area (Å²) in [5.41, 5.74) is 2.87. The number of nitrogens with one attached hydrogen (secondary N) is 1. The summed E-state index contributed by atoms with van der Waals surface area (Å²) in [7, 11) is 0. The quantitative estimate of drug-likeness (QED) is 0.494. The van der Waals surface area contributed by atoms with E-state index in [-0.39, 0.29) is 23.3 Å². The van der Waals surface area contributed by atoms with Crippen molar-refractivity contribution < 1.29 is 14.1 Å². The van der Waals surface area contributed by atoms with Crippen LogP contribution in [0.5, 0.6) is 0 Å². The van der Waals surface area contributed by atoms with Crippen LogP contribution in [-0.4, -0.2) is 28.9 Å². The number of hydrogen-bond acceptors (Lipinski definition) is 5. The van der Waals surface area contributed by atoms with Crippen molar-refractivity contribution in [3.8, 4) is 0 Å². The highest BCUT2D eigenvalue weighted by Crippen LogP contribution is 2.34. The number of non-ortho nitro benzene ring substituents is 1. The van der Waals surface area contributed by atoms with Crippen LogP contribution in [0.1, 0.15) is 24.1 Å². The number of carbonyl (C=O) groups is 1. The van der Waals surface area contributed by atoms with E-state index in [0.717, 1.165) is 22.3 Å². The average molecular weight is 422 g/mol. The van der Waals surface area contributed by atoms with Crippen LogP contribution in [0, 0.1) is 28.8 Å². The van der Waals surface area contributed by atoms with Gasteiger partial charge < -0.3 is 10.2 Å². The van der Waals surface area contributed by atoms with Crippen LogP contribution in [-0.2, 0) is 11.3 Å². The number of anilines is 1. The first-order valence-corrected chi connectivity index (χ1v) is 10.2. The third-order valence-corrected chi connectivity index (χ3v) is 5.71. The van der Waals surface area contributed by atoms with Gasteiger partial charge in [0.1, 0.15) is 5.82 Å². The molecule has 0 aliphatic carbocycles. The largest absolute Gasteiger partial charge is 0.371 e. The van der Waals surface area contributed by atoms with Gasteiger partial charge in [0, 0.05) is 48.4 Å². The normalized spacial score (nSPS) is 14.6. The molecule has 2 heterocycles. The smallest absolute Gasteiger partial charge is 0.295 e. The number of nitro groups is 1. The predicted octanol–water partition coefficient (Wildman–Crippen LogP) is 4.12. The maximum Gasteiger partial charge on any atom is 0.295 e. The van der Waals surface area contributed by atoms with E-state index in [2.05, 4.69) is 15.2 Å². The molecule has 4 rings (SSSR count). The lowest BCUT2D eigenvalue weighted by atomic mass is 9.95. The summed E-state index contributed by atoms with van der Waals surface area (Å²) in [6, 6.07) is 13.0. The SMILES string of the molecule is Cc1cc(N2CCC(C(=O)NCc3ccc(F)cc3)CC2)c2cccc([N+](=O)[O-])c2n1. The van der Waals surface area contributed by atoms with Crippen molar-refractivity contribution in [1.82, 2.24) is 10.3 Å². The molecule has 8 heteroatoms. The number of carbonyl (C=O) groups excluding carboxylic acids is 1. The van der Waals surface area contributed by atoms with Gasteiger partial charge in [0.2, 0.25) is 5.91 Å². The molecule has 0 spiro atoms. The van der Waals surface area contributed by atoms with Crippen LogP contribution in [0.25, 0.3) is 10.9 Å². The van der Waals surface area contributed by atoms with E-state index < -0.39 is 4.92 Å². The monoisotopic (exact) mass is 422 g/mol. The highest BCUT2D eigenvalue weighted by molar-refractivity contribution is 5.97. The number of para-hydroxylation sites is 1. The molecule has 2 aromatic carbocycles. The van der Waals surface area contributed by atoms with E-state index in [0.29, 0.717) is 38.0 Å². The van der Waals surface area contributed by atoms with Crippen molar-refractivity contribution in [3.05, 3.63) is 75.7 Å². The highest BCUT2D eigenvalue weighted by atomic mass is 19.1. The second kappa shape index (κ2) is 8.67. The van der Waals surface area contributed by atoms with Crippen molar-refractivity contribution in [1.29, 1.82) is 0 Å². The van der Waals surface area contributed by atoms with Gasteiger partial charge in [-0.3, -0.25) is 14.9 Å². The molecule has 1 fully saturated rings. The molecule has 31 heavy (non-hydrogen) atoms. The average Bonchev–Trinajstić information content (AvgIpc) is 2.77. The number of rotatable bonds is 5. The lowest BCUT2D eigenvalue weighted by molar-refractivity contribution is -0.383. The Bertz CT molecular complexity index is 1130. The van der Waals surface area contributed by atoms with Gasteiger partial charge in [0.25, 0.3) is 5.69 Å². The Morgan fingerprint density at radius 1 is 1.23 bits per heavy atom. The van der Waals surface area contributed by atoms with Crippen LogP contribution in [0.3, 0.4) is 0 Å². The summed E-state index contributed by atoms with van der Waals surface area (Å²) in [5.74, 6) is -0.401. The number of nitrogens with zero attached hydrogens (tertiary/aromatic N) is 3. The minimum absolute atomic E-state index is 0.00231. The van der Waals surface area contributed by atoms with E-state index in [1.54, 1.807) is 18.2 Å². The number of hydrogen-bond donors (Lipinski definition) is 1. The van der Waals surface area contributed by atoms with Crippen molar-refractivity contribution in [2.24, 2.45) is 5.92 Å². The van der Waals surface area contributed by atoms with Gasteiger partial charge in [-0.25, -0.2) is 9.37 Å². The molecule has 0 saturated carbocycles. The maximum absolute atomic E-state index is 13.0. The molecule has 1 aliphatic heterocycles. The lowest BCUT2D eigenvalue weighted by Crippen LogP contribution is -2.40. The summed E-state index contributed by atoms with van der Waals surface area (Å²) < 4.78 is 13.0. The second-order valence-electron chi connectivity index (χ2n) is 7.82. The van der Waals surface area contributed by atoms with E-state index in [1.165, 1.54) is 18.2 Å². The van der Waals surface area contributed by atoms with Crippen LogP contribution < -0.4 is 10.2 Å². The van der Waals surface area contributed by atoms with E-state index >= 15 is 0 Å². The van der Waals surface area contributed by atoms with Gasteiger partial charge in [-0.15, -0.1) is 0 Å². The number of pyridine rings is 1. The molecular formula is C23H23FN4O3. The Morgan fingerprint density at radius 2 is 1.94 bits per heavy atom. The zero-order valence-corrected chi connectivity index (χ0v) is 17.2. The van der Waals surface area contributed by atoms with Crippen molar-refractivity contribution >= 4 is 28.2 Å². The summed E-state index contributed by atoms with van der Waals surface area (Å²) >= 11 is 0.